The molecule has 4 heteroatoms. The number of hydrogen-bond acceptors (Lipinski definition) is 3. The van der Waals surface area contributed by atoms with Gasteiger partial charge in [-0.15, -0.1) is 0 Å². The Balaban J connectivity index is 1.92. The van der Waals surface area contributed by atoms with Crippen LogP contribution in [0.1, 0.15) is 11.1 Å². The molecular weight excluding hydrogens is 280 g/mol. The van der Waals surface area contributed by atoms with Crippen LogP contribution >= 0.6 is 0 Å². The molecule has 22 heavy (non-hydrogen) atoms. The maximum absolute atomic E-state index is 10.5. The zero-order valence-corrected chi connectivity index (χ0v) is 12.5. The Morgan fingerprint density at radius 2 is 1.41 bits per heavy atom. The molecule has 0 aliphatic rings. The molecule has 0 aliphatic heterocycles. The van der Waals surface area contributed by atoms with Crippen molar-refractivity contribution in [2.24, 2.45) is 0 Å². The van der Waals surface area contributed by atoms with Crippen LogP contribution in [0.2, 0.25) is 0 Å². The quantitative estimate of drug-likeness (QED) is 0.724. The summed E-state index contributed by atoms with van der Waals surface area (Å²) < 4.78 is 5.16. The van der Waals surface area contributed by atoms with E-state index in [1.54, 1.807) is 0 Å². The minimum absolute atomic E-state index is 0.246. The SMILES string of the molecule is O=[14C](O)COCCN(Cc1ccccc1)Cc1ccccc1. The second-order valence-corrected chi connectivity index (χ2v) is 5.13. The molecule has 0 unspecified atom stereocenters. The van der Waals surface area contributed by atoms with E-state index in [2.05, 4.69) is 29.2 Å². The standard InChI is InChI=1S/C18H21NO3/c20-18(21)15-22-12-11-19(13-16-7-3-1-4-8-16)14-17-9-5-2-6-10-17/h1-10H,11-15H2,(H,20,21)/i18+2. The highest BCUT2D eigenvalue weighted by Crippen LogP contribution is 2.09. The molecule has 0 saturated carbocycles. The molecule has 1 N–H and O–H groups in total. The first-order valence-corrected chi connectivity index (χ1v) is 7.34. The lowest BCUT2D eigenvalue weighted by Crippen LogP contribution is -2.27. The van der Waals surface area contributed by atoms with Gasteiger partial charge in [-0.1, -0.05) is 60.7 Å². The Labute approximate surface area is 131 Å². The molecule has 0 aromatic heterocycles. The van der Waals surface area contributed by atoms with Crippen LogP contribution in [0.3, 0.4) is 0 Å². The predicted molar refractivity (Wildman–Crippen MR) is 85.5 cm³/mol. The number of carboxylic acid groups (broad SMARTS) is 1. The number of hydrogen-bond donors (Lipinski definition) is 1. The van der Waals surface area contributed by atoms with Gasteiger partial charge in [0.25, 0.3) is 0 Å². The molecule has 0 atom stereocenters. The molecule has 0 spiro atoms. The monoisotopic (exact) mass is 301 g/mol. The molecule has 2 rings (SSSR count). The molecule has 0 fully saturated rings. The Morgan fingerprint density at radius 1 is 0.909 bits per heavy atom. The van der Waals surface area contributed by atoms with Gasteiger partial charge in [-0.05, 0) is 11.1 Å². The number of benzene rings is 2. The lowest BCUT2D eigenvalue weighted by Gasteiger charge is -2.22. The average molecular weight is 301 g/mol. The fraction of sp³-hybridized carbons (Fsp3) is 0.278. The lowest BCUT2D eigenvalue weighted by atomic mass is 10.1. The summed E-state index contributed by atoms with van der Waals surface area (Å²) in [6.45, 7) is 2.48. The minimum atomic E-state index is -0.933. The van der Waals surface area contributed by atoms with Crippen molar-refractivity contribution < 1.29 is 14.6 Å². The van der Waals surface area contributed by atoms with Gasteiger partial charge in [0.15, 0.2) is 0 Å². The van der Waals surface area contributed by atoms with Crippen molar-refractivity contribution in [3.05, 3.63) is 71.8 Å². The summed E-state index contributed by atoms with van der Waals surface area (Å²) in [5.41, 5.74) is 2.47. The summed E-state index contributed by atoms with van der Waals surface area (Å²) in [6, 6.07) is 20.5. The van der Waals surface area contributed by atoms with Crippen molar-refractivity contribution >= 4 is 5.97 Å². The Kier molecular flexibility index (Phi) is 6.61. The van der Waals surface area contributed by atoms with Crippen molar-refractivity contribution in [3.8, 4) is 0 Å². The van der Waals surface area contributed by atoms with Crippen molar-refractivity contribution in [2.75, 3.05) is 19.8 Å². The first-order chi connectivity index (χ1) is 10.7. The number of carboxylic acids is 1. The summed E-state index contributed by atoms with van der Waals surface area (Å²) in [5, 5.41) is 8.61. The fourth-order valence-corrected chi connectivity index (χ4v) is 2.25. The number of rotatable bonds is 9. The average Bonchev–Trinajstić information content (AvgIpc) is 2.53. The molecule has 2 aromatic rings. The highest BCUT2D eigenvalue weighted by atomic mass is 16.7. The molecule has 0 radical (unpaired) electrons. The lowest BCUT2D eigenvalue weighted by molar-refractivity contribution is -0.142. The summed E-state index contributed by atoms with van der Waals surface area (Å²) in [5.74, 6) is -0.933. The van der Waals surface area contributed by atoms with E-state index < -0.39 is 5.97 Å². The van der Waals surface area contributed by atoms with E-state index >= 15 is 0 Å². The van der Waals surface area contributed by atoms with Crippen LogP contribution in [0.25, 0.3) is 0 Å². The van der Waals surface area contributed by atoms with Crippen LogP contribution in [-0.4, -0.2) is 35.7 Å². The molecule has 4 nitrogen and oxygen atoms in total. The Hall–Kier alpha value is -2.17. The molecule has 116 valence electrons. The molecule has 2 aromatic carbocycles. The summed E-state index contributed by atoms with van der Waals surface area (Å²) in [4.78, 5) is 12.7. The van der Waals surface area contributed by atoms with Crippen molar-refractivity contribution in [3.63, 3.8) is 0 Å². The van der Waals surface area contributed by atoms with Crippen LogP contribution in [0.4, 0.5) is 0 Å². The highest BCUT2D eigenvalue weighted by molar-refractivity contribution is 5.67. The van der Waals surface area contributed by atoms with E-state index in [0.717, 1.165) is 13.1 Å². The van der Waals surface area contributed by atoms with E-state index in [1.807, 2.05) is 36.4 Å². The maximum atomic E-state index is 10.5. The van der Waals surface area contributed by atoms with Gasteiger partial charge in [0.2, 0.25) is 0 Å². The highest BCUT2D eigenvalue weighted by Gasteiger charge is 2.07. The first-order valence-electron chi connectivity index (χ1n) is 7.34. The van der Waals surface area contributed by atoms with Crippen LogP contribution in [0, 0.1) is 0 Å². The number of carbonyl (C=O) groups is 1. The minimum Gasteiger partial charge on any atom is -0.480 e. The van der Waals surface area contributed by atoms with Crippen molar-refractivity contribution in [1.82, 2.24) is 4.90 Å². The zero-order chi connectivity index (χ0) is 15.6. The van der Waals surface area contributed by atoms with Crippen molar-refractivity contribution in [2.45, 2.75) is 13.1 Å². The van der Waals surface area contributed by atoms with Crippen LogP contribution in [-0.2, 0) is 22.6 Å². The zero-order valence-electron chi connectivity index (χ0n) is 12.5. The van der Waals surface area contributed by atoms with Gasteiger partial charge in [-0.25, -0.2) is 4.79 Å². The second kappa shape index (κ2) is 8.97. The first kappa shape index (κ1) is 16.2. The number of nitrogens with zero attached hydrogens (tertiary/aromatic N) is 1. The smallest absolute Gasteiger partial charge is 0.329 e. The third kappa shape index (κ3) is 6.08. The van der Waals surface area contributed by atoms with Crippen LogP contribution in [0.15, 0.2) is 60.7 Å². The van der Waals surface area contributed by atoms with Gasteiger partial charge in [-0.3, -0.25) is 4.90 Å². The van der Waals surface area contributed by atoms with E-state index in [-0.39, 0.29) is 6.61 Å². The molecule has 0 saturated heterocycles. The Morgan fingerprint density at radius 3 is 1.86 bits per heavy atom. The Bertz CT molecular complexity index is 516. The van der Waals surface area contributed by atoms with Gasteiger partial charge < -0.3 is 9.84 Å². The molecule has 0 aliphatic carbocycles. The van der Waals surface area contributed by atoms with Gasteiger partial charge in [0.05, 0.1) is 6.61 Å². The van der Waals surface area contributed by atoms with E-state index in [0.29, 0.717) is 13.2 Å². The van der Waals surface area contributed by atoms with Gasteiger partial charge >= 0.3 is 5.97 Å². The van der Waals surface area contributed by atoms with Gasteiger partial charge in [0, 0.05) is 19.6 Å². The number of ether oxygens (including phenoxy) is 1. The van der Waals surface area contributed by atoms with Gasteiger partial charge in [-0.2, -0.15) is 0 Å². The number of aliphatic carboxylic acids is 1. The predicted octanol–water partition coefficient (Wildman–Crippen LogP) is 2.79. The van der Waals surface area contributed by atoms with E-state index in [1.165, 1.54) is 11.1 Å². The third-order valence-corrected chi connectivity index (χ3v) is 3.28. The third-order valence-electron chi connectivity index (χ3n) is 3.28. The summed E-state index contributed by atoms with van der Waals surface area (Å²) in [7, 11) is 0. The second-order valence-electron chi connectivity index (χ2n) is 5.13. The normalized spacial score (nSPS) is 10.8. The van der Waals surface area contributed by atoms with Crippen LogP contribution in [0.5, 0.6) is 0 Å². The fourth-order valence-electron chi connectivity index (χ4n) is 2.25. The van der Waals surface area contributed by atoms with Crippen LogP contribution < -0.4 is 0 Å². The summed E-state index contributed by atoms with van der Waals surface area (Å²) in [6.07, 6.45) is 0. The largest absolute Gasteiger partial charge is 0.480 e. The molecule has 0 bridgehead atoms. The molecular formula is C18H21NO3. The maximum Gasteiger partial charge on any atom is 0.329 e. The summed E-state index contributed by atoms with van der Waals surface area (Å²) >= 11 is 0. The van der Waals surface area contributed by atoms with Gasteiger partial charge in [0.1, 0.15) is 6.61 Å². The van der Waals surface area contributed by atoms with E-state index in [4.69, 9.17) is 9.84 Å². The molecule has 0 heterocycles. The van der Waals surface area contributed by atoms with Crippen molar-refractivity contribution in [1.29, 1.82) is 0 Å². The topological polar surface area (TPSA) is 49.8 Å². The van der Waals surface area contributed by atoms with E-state index in [9.17, 15) is 4.79 Å². The molecule has 0 amide bonds.